The van der Waals surface area contributed by atoms with Crippen LogP contribution in [-0.2, 0) is 0 Å². The Morgan fingerprint density at radius 2 is 1.55 bits per heavy atom. The van der Waals surface area contributed by atoms with Gasteiger partial charge in [-0.2, -0.15) is 0 Å². The lowest BCUT2D eigenvalue weighted by Crippen LogP contribution is -2.05. The van der Waals surface area contributed by atoms with Crippen LogP contribution in [0.3, 0.4) is 0 Å². The minimum absolute atomic E-state index is 0.00242. The number of phenolic OH excluding ortho intramolecular Hbond substituents is 5. The van der Waals surface area contributed by atoms with Gasteiger partial charge < -0.3 is 29.9 Å². The highest BCUT2D eigenvalue weighted by Crippen LogP contribution is 2.41. The molecule has 7 heteroatoms. The molecule has 2 aromatic carbocycles. The summed E-state index contributed by atoms with van der Waals surface area (Å²) < 4.78 is 5.17. The molecule has 1 heterocycles. The van der Waals surface area contributed by atoms with E-state index in [0.717, 1.165) is 18.4 Å². The van der Waals surface area contributed by atoms with E-state index in [9.17, 15) is 30.3 Å². The molecule has 5 N–H and O–H groups in total. The zero-order valence-corrected chi connectivity index (χ0v) is 10.9. The van der Waals surface area contributed by atoms with E-state index >= 15 is 0 Å². The van der Waals surface area contributed by atoms with Gasteiger partial charge in [0.25, 0.3) is 0 Å². The molecule has 0 bridgehead atoms. The standard InChI is InChI=1S/C15H10O7/c16-6-1-2-9(17)7(3-6)8-5-22-11-4-10(18)14(20)15(21)12(11)13(8)19/h1-5,16-18,20-21H. The van der Waals surface area contributed by atoms with Gasteiger partial charge in [0.1, 0.15) is 28.7 Å². The first-order chi connectivity index (χ1) is 10.4. The first-order valence-corrected chi connectivity index (χ1v) is 6.12. The number of phenols is 5. The Morgan fingerprint density at radius 3 is 2.27 bits per heavy atom. The van der Waals surface area contributed by atoms with Crippen LogP contribution in [0.1, 0.15) is 0 Å². The minimum Gasteiger partial charge on any atom is -0.508 e. The van der Waals surface area contributed by atoms with Crippen molar-refractivity contribution in [1.29, 1.82) is 0 Å². The lowest BCUT2D eigenvalue weighted by atomic mass is 10.0. The summed E-state index contributed by atoms with van der Waals surface area (Å²) in [7, 11) is 0. The van der Waals surface area contributed by atoms with Crippen LogP contribution in [-0.4, -0.2) is 25.5 Å². The van der Waals surface area contributed by atoms with Crippen LogP contribution in [0.2, 0.25) is 0 Å². The van der Waals surface area contributed by atoms with Gasteiger partial charge in [-0.1, -0.05) is 0 Å². The van der Waals surface area contributed by atoms with Gasteiger partial charge in [0, 0.05) is 11.6 Å². The average Bonchev–Trinajstić information content (AvgIpc) is 2.48. The van der Waals surface area contributed by atoms with Crippen LogP contribution in [0.5, 0.6) is 28.7 Å². The molecular formula is C15H10O7. The summed E-state index contributed by atoms with van der Waals surface area (Å²) >= 11 is 0. The van der Waals surface area contributed by atoms with Gasteiger partial charge in [-0.25, -0.2) is 0 Å². The van der Waals surface area contributed by atoms with Crippen LogP contribution in [0.25, 0.3) is 22.1 Å². The maximum Gasteiger partial charge on any atom is 0.204 e. The highest BCUT2D eigenvalue weighted by Gasteiger charge is 2.19. The normalized spacial score (nSPS) is 10.9. The monoisotopic (exact) mass is 302 g/mol. The summed E-state index contributed by atoms with van der Waals surface area (Å²) in [6.45, 7) is 0. The Morgan fingerprint density at radius 1 is 0.818 bits per heavy atom. The third-order valence-electron chi connectivity index (χ3n) is 3.26. The van der Waals surface area contributed by atoms with E-state index < -0.39 is 22.7 Å². The second kappa shape index (κ2) is 4.59. The van der Waals surface area contributed by atoms with Crippen LogP contribution in [0.4, 0.5) is 0 Å². The van der Waals surface area contributed by atoms with Crippen molar-refractivity contribution in [3.63, 3.8) is 0 Å². The van der Waals surface area contributed by atoms with Crippen molar-refractivity contribution in [1.82, 2.24) is 0 Å². The van der Waals surface area contributed by atoms with Crippen LogP contribution >= 0.6 is 0 Å². The van der Waals surface area contributed by atoms with Gasteiger partial charge in [-0.05, 0) is 18.2 Å². The molecule has 0 spiro atoms. The summed E-state index contributed by atoms with van der Waals surface area (Å²) in [5, 5.41) is 47.7. The Hall–Kier alpha value is -3.35. The lowest BCUT2D eigenvalue weighted by Gasteiger charge is -2.08. The van der Waals surface area contributed by atoms with Crippen molar-refractivity contribution >= 4 is 11.0 Å². The van der Waals surface area contributed by atoms with E-state index in [0.29, 0.717) is 0 Å². The molecule has 0 saturated heterocycles. The molecule has 0 unspecified atom stereocenters. The highest BCUT2D eigenvalue weighted by molar-refractivity contribution is 5.91. The molecule has 0 fully saturated rings. The van der Waals surface area contributed by atoms with Gasteiger partial charge in [0.2, 0.25) is 11.2 Å². The Bertz CT molecular complexity index is 956. The van der Waals surface area contributed by atoms with E-state index in [1.54, 1.807) is 0 Å². The number of aromatic hydroxyl groups is 5. The molecule has 1 aromatic heterocycles. The van der Waals surface area contributed by atoms with Crippen molar-refractivity contribution in [2.45, 2.75) is 0 Å². The van der Waals surface area contributed by atoms with Crippen molar-refractivity contribution < 1.29 is 29.9 Å². The zero-order chi connectivity index (χ0) is 16.0. The number of hydrogen-bond donors (Lipinski definition) is 5. The van der Waals surface area contributed by atoms with Gasteiger partial charge >= 0.3 is 0 Å². The fourth-order valence-corrected chi connectivity index (χ4v) is 2.17. The second-order valence-corrected chi connectivity index (χ2v) is 4.65. The number of fused-ring (bicyclic) bond motifs is 1. The molecule has 0 saturated carbocycles. The molecule has 3 rings (SSSR count). The minimum atomic E-state index is -0.850. The molecule has 0 aliphatic heterocycles. The Kier molecular flexibility index (Phi) is 2.84. The summed E-state index contributed by atoms with van der Waals surface area (Å²) in [5.74, 6) is -2.76. The van der Waals surface area contributed by atoms with Gasteiger partial charge in [0.05, 0.1) is 5.56 Å². The van der Waals surface area contributed by atoms with Crippen LogP contribution in [0.15, 0.2) is 39.7 Å². The molecule has 0 amide bonds. The number of hydrogen-bond acceptors (Lipinski definition) is 7. The van der Waals surface area contributed by atoms with Gasteiger partial charge in [0.15, 0.2) is 11.5 Å². The summed E-state index contributed by atoms with van der Waals surface area (Å²) in [6.07, 6.45) is 1.02. The summed E-state index contributed by atoms with van der Waals surface area (Å²) in [5.41, 5.74) is -1.000. The molecule has 3 aromatic rings. The van der Waals surface area contributed by atoms with E-state index in [2.05, 4.69) is 0 Å². The highest BCUT2D eigenvalue weighted by atomic mass is 16.3. The molecule has 0 aliphatic rings. The molecule has 7 nitrogen and oxygen atoms in total. The topological polar surface area (TPSA) is 131 Å². The predicted molar refractivity (Wildman–Crippen MR) is 76.2 cm³/mol. The largest absolute Gasteiger partial charge is 0.508 e. The fourth-order valence-electron chi connectivity index (χ4n) is 2.17. The Balaban J connectivity index is 2.41. The lowest BCUT2D eigenvalue weighted by molar-refractivity contribution is 0.370. The maximum absolute atomic E-state index is 12.5. The third kappa shape index (κ3) is 1.87. The molecule has 112 valence electrons. The molecule has 22 heavy (non-hydrogen) atoms. The summed E-state index contributed by atoms with van der Waals surface area (Å²) in [4.78, 5) is 12.5. The smallest absolute Gasteiger partial charge is 0.204 e. The zero-order valence-electron chi connectivity index (χ0n) is 10.9. The fraction of sp³-hybridized carbons (Fsp3) is 0. The first kappa shape index (κ1) is 13.6. The van der Waals surface area contributed by atoms with E-state index in [-0.39, 0.29) is 33.6 Å². The predicted octanol–water partition coefficient (Wildman–Crippen LogP) is 1.99. The molecular weight excluding hydrogens is 292 g/mol. The quantitative estimate of drug-likeness (QED) is 0.343. The molecule has 0 atom stereocenters. The summed E-state index contributed by atoms with van der Waals surface area (Å²) in [6, 6.07) is 4.58. The first-order valence-electron chi connectivity index (χ1n) is 6.12. The van der Waals surface area contributed by atoms with Crippen molar-refractivity contribution in [3.05, 3.63) is 40.8 Å². The average molecular weight is 302 g/mol. The van der Waals surface area contributed by atoms with E-state index in [4.69, 9.17) is 4.42 Å². The Labute approximate surface area is 122 Å². The van der Waals surface area contributed by atoms with E-state index in [1.165, 1.54) is 12.1 Å². The third-order valence-corrected chi connectivity index (χ3v) is 3.26. The van der Waals surface area contributed by atoms with Crippen molar-refractivity contribution in [3.8, 4) is 39.9 Å². The van der Waals surface area contributed by atoms with E-state index in [1.807, 2.05) is 0 Å². The molecule has 0 radical (unpaired) electrons. The second-order valence-electron chi connectivity index (χ2n) is 4.65. The van der Waals surface area contributed by atoms with Crippen molar-refractivity contribution in [2.75, 3.05) is 0 Å². The SMILES string of the molecule is O=c1c(-c2cc(O)ccc2O)coc2cc(O)c(O)c(O)c12. The molecule has 0 aliphatic carbocycles. The maximum atomic E-state index is 12.5. The number of rotatable bonds is 1. The van der Waals surface area contributed by atoms with Crippen molar-refractivity contribution in [2.24, 2.45) is 0 Å². The van der Waals surface area contributed by atoms with Crippen LogP contribution in [0, 0.1) is 0 Å². The van der Waals surface area contributed by atoms with Crippen LogP contribution < -0.4 is 5.43 Å². The van der Waals surface area contributed by atoms with Gasteiger partial charge in [-0.15, -0.1) is 0 Å². The number of benzene rings is 2. The van der Waals surface area contributed by atoms with Gasteiger partial charge in [-0.3, -0.25) is 4.79 Å².